The summed E-state index contributed by atoms with van der Waals surface area (Å²) in [6.07, 6.45) is 0. The van der Waals surface area contributed by atoms with Crippen LogP contribution in [0, 0.1) is 0 Å². The second-order valence-electron chi connectivity index (χ2n) is 14.0. The maximum absolute atomic E-state index is 2.46. The molecule has 0 radical (unpaired) electrons. The maximum atomic E-state index is 2.46. The average molecular weight is 723 g/mol. The van der Waals surface area contributed by atoms with E-state index in [0.717, 1.165) is 0 Å². The molecule has 0 aliphatic carbocycles. The van der Waals surface area contributed by atoms with E-state index in [2.05, 4.69) is 191 Å². The summed E-state index contributed by atoms with van der Waals surface area (Å²) in [5.74, 6) is 0. The molecule has 0 atom stereocenters. The lowest BCUT2D eigenvalue weighted by Gasteiger charge is -2.14. The Morgan fingerprint density at radius 2 is 0.833 bits per heavy atom. The molecule has 0 spiro atoms. The number of rotatable bonds is 4. The normalized spacial score (nSPS) is 12.1. The number of hydrogen-bond donors (Lipinski definition) is 0. The van der Waals surface area contributed by atoms with Crippen molar-refractivity contribution in [3.05, 3.63) is 182 Å². The van der Waals surface area contributed by atoms with Crippen LogP contribution in [0.1, 0.15) is 0 Å². The van der Waals surface area contributed by atoms with Crippen LogP contribution in [0.2, 0.25) is 0 Å². The lowest BCUT2D eigenvalue weighted by atomic mass is 9.93. The van der Waals surface area contributed by atoms with Crippen LogP contribution in [0.15, 0.2) is 182 Å². The van der Waals surface area contributed by atoms with Gasteiger partial charge >= 0.3 is 0 Å². The van der Waals surface area contributed by atoms with Crippen LogP contribution in [0.4, 0.5) is 0 Å². The number of para-hydroxylation sites is 5. The summed E-state index contributed by atoms with van der Waals surface area (Å²) < 4.78 is 10.2. The van der Waals surface area contributed by atoms with Crippen molar-refractivity contribution in [2.75, 3.05) is 0 Å². The van der Waals surface area contributed by atoms with Gasteiger partial charge in [-0.15, -0.1) is 22.7 Å². The van der Waals surface area contributed by atoms with Crippen LogP contribution in [0.5, 0.6) is 0 Å². The molecule has 0 fully saturated rings. The fourth-order valence-corrected chi connectivity index (χ4v) is 11.5. The van der Waals surface area contributed by atoms with E-state index in [-0.39, 0.29) is 0 Å². The molecule has 0 unspecified atom stereocenters. The standard InChI is InChI=1S/C50H30N2S2/c1-3-15-31(16-4-1)51-42-26-10-7-19-33(42)35-22-13-23-36(46(35)51)34-29-30-38(49-45(34)40-21-9-12-28-44(40)53-49)37-24-14-25-41-47-50(54-48(37)41)39-20-8-11-27-43(39)52(47)32-17-5-2-6-18-32/h1-30H. The molecule has 0 aliphatic rings. The monoisotopic (exact) mass is 722 g/mol. The third kappa shape index (κ3) is 4.15. The number of hydrogen-bond acceptors (Lipinski definition) is 2. The molecule has 12 rings (SSSR count). The van der Waals surface area contributed by atoms with Gasteiger partial charge in [-0.3, -0.25) is 0 Å². The first-order chi connectivity index (χ1) is 26.8. The van der Waals surface area contributed by atoms with Crippen molar-refractivity contribution in [1.29, 1.82) is 0 Å². The van der Waals surface area contributed by atoms with E-state index in [4.69, 9.17) is 0 Å². The number of benzene rings is 8. The van der Waals surface area contributed by atoms with E-state index < -0.39 is 0 Å². The number of nitrogens with zero attached hydrogens (tertiary/aromatic N) is 2. The second kappa shape index (κ2) is 11.5. The van der Waals surface area contributed by atoms with Crippen LogP contribution in [-0.2, 0) is 0 Å². The molecule has 0 amide bonds. The molecular formula is C50H30N2S2. The van der Waals surface area contributed by atoms with Crippen LogP contribution in [-0.4, -0.2) is 9.13 Å². The first-order valence-electron chi connectivity index (χ1n) is 18.4. The summed E-state index contributed by atoms with van der Waals surface area (Å²) in [5.41, 5.74) is 12.4. The molecule has 0 saturated carbocycles. The minimum absolute atomic E-state index is 1.17. The maximum Gasteiger partial charge on any atom is 0.0727 e. The van der Waals surface area contributed by atoms with Crippen molar-refractivity contribution in [3.63, 3.8) is 0 Å². The van der Waals surface area contributed by atoms with Crippen molar-refractivity contribution in [2.24, 2.45) is 0 Å². The van der Waals surface area contributed by atoms with E-state index in [0.29, 0.717) is 0 Å². The zero-order valence-corrected chi connectivity index (χ0v) is 30.7. The van der Waals surface area contributed by atoms with Crippen molar-refractivity contribution in [1.82, 2.24) is 9.13 Å². The van der Waals surface area contributed by atoms with Gasteiger partial charge < -0.3 is 9.13 Å². The molecule has 2 nitrogen and oxygen atoms in total. The van der Waals surface area contributed by atoms with E-state index in [9.17, 15) is 0 Å². The Morgan fingerprint density at radius 3 is 1.59 bits per heavy atom. The summed E-state index contributed by atoms with van der Waals surface area (Å²) >= 11 is 3.84. The molecule has 54 heavy (non-hydrogen) atoms. The van der Waals surface area contributed by atoms with E-state index in [1.54, 1.807) is 0 Å². The highest BCUT2D eigenvalue weighted by molar-refractivity contribution is 7.28. The average Bonchev–Trinajstić information content (AvgIpc) is 3.99. The Hall–Kier alpha value is -6.46. The fourth-order valence-electron chi connectivity index (χ4n) is 8.90. The second-order valence-corrected chi connectivity index (χ2v) is 16.1. The quantitative estimate of drug-likeness (QED) is 0.171. The molecule has 4 heteroatoms. The lowest BCUT2D eigenvalue weighted by molar-refractivity contribution is 1.18. The Kier molecular flexibility index (Phi) is 6.41. The molecular weight excluding hydrogens is 693 g/mol. The predicted molar refractivity (Wildman–Crippen MR) is 234 cm³/mol. The molecule has 12 aromatic rings. The highest BCUT2D eigenvalue weighted by Gasteiger charge is 2.23. The van der Waals surface area contributed by atoms with Gasteiger partial charge in [0.2, 0.25) is 0 Å². The van der Waals surface area contributed by atoms with Gasteiger partial charge in [0.15, 0.2) is 0 Å². The Labute approximate surface area is 319 Å². The van der Waals surface area contributed by atoms with Crippen LogP contribution < -0.4 is 0 Å². The molecule has 252 valence electrons. The fraction of sp³-hybridized carbons (Fsp3) is 0. The topological polar surface area (TPSA) is 9.86 Å². The molecule has 4 aromatic heterocycles. The summed E-state index contributed by atoms with van der Waals surface area (Å²) in [5, 5.41) is 7.76. The van der Waals surface area contributed by atoms with Gasteiger partial charge in [-0.25, -0.2) is 0 Å². The van der Waals surface area contributed by atoms with Crippen molar-refractivity contribution >= 4 is 95.9 Å². The molecule has 4 heterocycles. The summed E-state index contributed by atoms with van der Waals surface area (Å²) in [7, 11) is 0. The van der Waals surface area contributed by atoms with Gasteiger partial charge in [0, 0.05) is 74.5 Å². The zero-order chi connectivity index (χ0) is 35.3. The minimum Gasteiger partial charge on any atom is -0.309 e. The first kappa shape index (κ1) is 30.0. The minimum atomic E-state index is 1.17. The third-order valence-electron chi connectivity index (χ3n) is 11.1. The molecule has 8 aromatic carbocycles. The summed E-state index contributed by atoms with van der Waals surface area (Å²) in [6, 6.07) is 66.7. The number of thiophene rings is 2. The molecule has 0 aliphatic heterocycles. The van der Waals surface area contributed by atoms with Gasteiger partial charge in [-0.2, -0.15) is 0 Å². The van der Waals surface area contributed by atoms with Gasteiger partial charge in [0.1, 0.15) is 0 Å². The third-order valence-corrected chi connectivity index (χ3v) is 13.6. The van der Waals surface area contributed by atoms with Crippen molar-refractivity contribution in [3.8, 4) is 33.6 Å². The van der Waals surface area contributed by atoms with Gasteiger partial charge in [0.05, 0.1) is 26.8 Å². The molecule has 0 bridgehead atoms. The summed E-state index contributed by atoms with van der Waals surface area (Å²) in [4.78, 5) is 0. The number of fused-ring (bicyclic) bond motifs is 11. The summed E-state index contributed by atoms with van der Waals surface area (Å²) in [6.45, 7) is 0. The van der Waals surface area contributed by atoms with E-state index in [1.165, 1.54) is 107 Å². The van der Waals surface area contributed by atoms with Crippen LogP contribution in [0.3, 0.4) is 0 Å². The largest absolute Gasteiger partial charge is 0.309 e. The Balaban J connectivity index is 1.17. The van der Waals surface area contributed by atoms with E-state index >= 15 is 0 Å². The smallest absolute Gasteiger partial charge is 0.0727 e. The van der Waals surface area contributed by atoms with Gasteiger partial charge in [-0.1, -0.05) is 140 Å². The molecule has 0 saturated heterocycles. The first-order valence-corrected chi connectivity index (χ1v) is 20.0. The SMILES string of the molecule is c1ccc(-n2c3ccccc3c3cccc(-c4ccc(-c5cccc6c5sc5c7ccccc7n(-c7ccccc7)c65)c5sc6ccccc6c45)c32)cc1. The Morgan fingerprint density at radius 1 is 0.296 bits per heavy atom. The van der Waals surface area contributed by atoms with Gasteiger partial charge in [0.25, 0.3) is 0 Å². The number of aromatic nitrogens is 2. The van der Waals surface area contributed by atoms with Gasteiger partial charge in [-0.05, 0) is 48.0 Å². The van der Waals surface area contributed by atoms with Crippen LogP contribution in [0.25, 0.3) is 107 Å². The van der Waals surface area contributed by atoms with E-state index in [1.807, 2.05) is 22.7 Å². The Bertz CT molecular complexity index is 3430. The van der Waals surface area contributed by atoms with Crippen molar-refractivity contribution < 1.29 is 0 Å². The highest BCUT2D eigenvalue weighted by atomic mass is 32.1. The highest BCUT2D eigenvalue weighted by Crippen LogP contribution is 2.51. The van der Waals surface area contributed by atoms with Crippen molar-refractivity contribution in [2.45, 2.75) is 0 Å². The lowest BCUT2D eigenvalue weighted by Crippen LogP contribution is -1.95. The van der Waals surface area contributed by atoms with Crippen LogP contribution >= 0.6 is 22.7 Å². The zero-order valence-electron chi connectivity index (χ0n) is 29.0. The molecule has 0 N–H and O–H groups in total. The predicted octanol–water partition coefficient (Wildman–Crippen LogP) is 14.8.